The Morgan fingerprint density at radius 3 is 2.24 bits per heavy atom. The monoisotopic (exact) mass is 296 g/mol. The number of rotatable bonds is 8. The molecule has 4 nitrogen and oxygen atoms in total. The third-order valence-electron chi connectivity index (χ3n) is 5.13. The summed E-state index contributed by atoms with van der Waals surface area (Å²) >= 11 is 0. The van der Waals surface area contributed by atoms with Gasteiger partial charge in [0.05, 0.1) is 0 Å². The molecule has 0 radical (unpaired) electrons. The molecule has 1 aliphatic rings. The number of amides is 2. The number of hydrogen-bond acceptors (Lipinski definition) is 2. The van der Waals surface area contributed by atoms with E-state index in [-0.39, 0.29) is 23.8 Å². The second-order valence-corrected chi connectivity index (χ2v) is 6.27. The zero-order valence-corrected chi connectivity index (χ0v) is 14.4. The summed E-state index contributed by atoms with van der Waals surface area (Å²) in [6.45, 7) is 11.0. The molecule has 0 aliphatic carbocycles. The number of unbranched alkanes of at least 4 members (excludes halogenated alkanes) is 2. The van der Waals surface area contributed by atoms with E-state index in [1.807, 2.05) is 25.7 Å². The van der Waals surface area contributed by atoms with Crippen LogP contribution in [0.15, 0.2) is 0 Å². The van der Waals surface area contributed by atoms with Crippen LogP contribution in [0, 0.1) is 5.92 Å². The molecule has 21 heavy (non-hydrogen) atoms. The average Bonchev–Trinajstić information content (AvgIpc) is 2.50. The number of piperazine rings is 1. The van der Waals surface area contributed by atoms with Crippen molar-refractivity contribution in [3.8, 4) is 0 Å². The number of carbonyl (C=O) groups excluding carboxylic acids is 2. The van der Waals surface area contributed by atoms with E-state index in [1.165, 1.54) is 0 Å². The lowest BCUT2D eigenvalue weighted by molar-refractivity contribution is -0.160. The highest BCUT2D eigenvalue weighted by molar-refractivity contribution is 5.99. The molecule has 0 aromatic carbocycles. The molecule has 0 aromatic rings. The Kier molecular flexibility index (Phi) is 6.69. The Morgan fingerprint density at radius 1 is 1.14 bits per heavy atom. The Bertz CT molecular complexity index is 364. The number of hydrogen-bond donors (Lipinski definition) is 1. The molecule has 122 valence electrons. The van der Waals surface area contributed by atoms with Crippen LogP contribution in [0.4, 0.5) is 0 Å². The van der Waals surface area contributed by atoms with Crippen LogP contribution in [0.5, 0.6) is 0 Å². The number of nitrogens with one attached hydrogen (secondary N) is 1. The standard InChI is InChI=1S/C17H32N2O2/c1-6-10-11-12-19-15(20)14(13(5)7-2)18-16(21)17(19,8-3)9-4/h13-14H,6-12H2,1-5H3,(H,18,21). The molecule has 0 saturated carbocycles. The first-order valence-corrected chi connectivity index (χ1v) is 8.60. The van der Waals surface area contributed by atoms with Crippen LogP contribution in [0.25, 0.3) is 0 Å². The summed E-state index contributed by atoms with van der Waals surface area (Å²) in [5.41, 5.74) is -0.644. The van der Waals surface area contributed by atoms with E-state index in [0.29, 0.717) is 19.4 Å². The predicted molar refractivity (Wildman–Crippen MR) is 85.9 cm³/mol. The fourth-order valence-electron chi connectivity index (χ4n) is 3.26. The number of nitrogens with zero attached hydrogens (tertiary/aromatic N) is 1. The van der Waals surface area contributed by atoms with Crippen molar-refractivity contribution in [3.05, 3.63) is 0 Å². The van der Waals surface area contributed by atoms with Gasteiger partial charge in [-0.2, -0.15) is 0 Å². The Labute approximate surface area is 129 Å². The molecule has 2 atom stereocenters. The lowest BCUT2D eigenvalue weighted by Crippen LogP contribution is -2.71. The van der Waals surface area contributed by atoms with Gasteiger partial charge in [-0.3, -0.25) is 9.59 Å². The maximum absolute atomic E-state index is 12.9. The van der Waals surface area contributed by atoms with Crippen LogP contribution in [0.1, 0.15) is 73.1 Å². The van der Waals surface area contributed by atoms with Crippen LogP contribution in [0.2, 0.25) is 0 Å². The van der Waals surface area contributed by atoms with Crippen LogP contribution in [-0.2, 0) is 9.59 Å². The zero-order chi connectivity index (χ0) is 16.0. The molecular weight excluding hydrogens is 264 g/mol. The Hall–Kier alpha value is -1.06. The van der Waals surface area contributed by atoms with Gasteiger partial charge in [0.15, 0.2) is 0 Å². The molecule has 1 saturated heterocycles. The van der Waals surface area contributed by atoms with E-state index >= 15 is 0 Å². The molecule has 1 N–H and O–H groups in total. The van der Waals surface area contributed by atoms with Crippen molar-refractivity contribution in [1.82, 2.24) is 10.2 Å². The molecule has 1 fully saturated rings. The topological polar surface area (TPSA) is 49.4 Å². The van der Waals surface area contributed by atoms with E-state index in [1.54, 1.807) is 0 Å². The molecule has 1 heterocycles. The van der Waals surface area contributed by atoms with E-state index in [9.17, 15) is 9.59 Å². The minimum atomic E-state index is -0.644. The van der Waals surface area contributed by atoms with Gasteiger partial charge in [0.25, 0.3) is 0 Å². The summed E-state index contributed by atoms with van der Waals surface area (Å²) in [4.78, 5) is 27.5. The van der Waals surface area contributed by atoms with Gasteiger partial charge in [0, 0.05) is 6.54 Å². The fraction of sp³-hybridized carbons (Fsp3) is 0.882. The first kappa shape index (κ1) is 18.0. The summed E-state index contributed by atoms with van der Waals surface area (Å²) in [5.74, 6) is 0.333. The third-order valence-corrected chi connectivity index (χ3v) is 5.13. The fourth-order valence-corrected chi connectivity index (χ4v) is 3.26. The Morgan fingerprint density at radius 2 is 1.76 bits per heavy atom. The normalized spacial score (nSPS) is 23.1. The zero-order valence-electron chi connectivity index (χ0n) is 14.4. The van der Waals surface area contributed by atoms with Crippen molar-refractivity contribution in [3.63, 3.8) is 0 Å². The third kappa shape index (κ3) is 3.41. The molecule has 0 spiro atoms. The highest BCUT2D eigenvalue weighted by atomic mass is 16.2. The highest BCUT2D eigenvalue weighted by Crippen LogP contribution is 2.31. The van der Waals surface area contributed by atoms with Gasteiger partial charge in [-0.05, 0) is 25.2 Å². The van der Waals surface area contributed by atoms with Gasteiger partial charge in [-0.25, -0.2) is 0 Å². The van der Waals surface area contributed by atoms with E-state index in [0.717, 1.165) is 25.7 Å². The summed E-state index contributed by atoms with van der Waals surface area (Å²) in [6.07, 6.45) is 5.45. The van der Waals surface area contributed by atoms with Crippen molar-refractivity contribution in [2.75, 3.05) is 6.54 Å². The summed E-state index contributed by atoms with van der Waals surface area (Å²) in [6, 6.07) is -0.352. The van der Waals surface area contributed by atoms with E-state index in [2.05, 4.69) is 19.2 Å². The minimum absolute atomic E-state index is 0.0360. The molecule has 4 heteroatoms. The van der Waals surface area contributed by atoms with Crippen molar-refractivity contribution >= 4 is 11.8 Å². The second kappa shape index (κ2) is 7.81. The molecule has 2 amide bonds. The van der Waals surface area contributed by atoms with Crippen molar-refractivity contribution in [2.24, 2.45) is 5.92 Å². The predicted octanol–water partition coefficient (Wildman–Crippen LogP) is 3.11. The number of carbonyl (C=O) groups is 2. The lowest BCUT2D eigenvalue weighted by atomic mass is 9.83. The lowest BCUT2D eigenvalue weighted by Gasteiger charge is -2.48. The maximum Gasteiger partial charge on any atom is 0.246 e. The molecular formula is C17H32N2O2. The highest BCUT2D eigenvalue weighted by Gasteiger charge is 2.50. The van der Waals surface area contributed by atoms with Crippen molar-refractivity contribution in [1.29, 1.82) is 0 Å². The van der Waals surface area contributed by atoms with E-state index < -0.39 is 5.54 Å². The smallest absolute Gasteiger partial charge is 0.246 e. The van der Waals surface area contributed by atoms with E-state index in [4.69, 9.17) is 0 Å². The maximum atomic E-state index is 12.9. The summed E-state index contributed by atoms with van der Waals surface area (Å²) in [5, 5.41) is 3.00. The van der Waals surface area contributed by atoms with Gasteiger partial charge in [0.2, 0.25) is 11.8 Å². The first-order valence-electron chi connectivity index (χ1n) is 8.60. The van der Waals surface area contributed by atoms with Crippen LogP contribution >= 0.6 is 0 Å². The molecule has 0 aromatic heterocycles. The summed E-state index contributed by atoms with van der Waals surface area (Å²) < 4.78 is 0. The van der Waals surface area contributed by atoms with Crippen molar-refractivity contribution < 1.29 is 9.59 Å². The van der Waals surface area contributed by atoms with Gasteiger partial charge in [-0.15, -0.1) is 0 Å². The van der Waals surface area contributed by atoms with Gasteiger partial charge in [-0.1, -0.05) is 53.9 Å². The van der Waals surface area contributed by atoms with Gasteiger partial charge < -0.3 is 10.2 Å². The largest absolute Gasteiger partial charge is 0.342 e. The molecule has 0 bridgehead atoms. The second-order valence-electron chi connectivity index (χ2n) is 6.27. The average molecular weight is 296 g/mol. The molecule has 1 rings (SSSR count). The van der Waals surface area contributed by atoms with Crippen LogP contribution < -0.4 is 5.32 Å². The SMILES string of the molecule is CCCCCN1C(=O)C(C(C)CC)NC(=O)C1(CC)CC. The first-order chi connectivity index (χ1) is 9.98. The molecule has 2 unspecified atom stereocenters. The van der Waals surface area contributed by atoms with Gasteiger partial charge >= 0.3 is 0 Å². The summed E-state index contributed by atoms with van der Waals surface area (Å²) in [7, 11) is 0. The van der Waals surface area contributed by atoms with Crippen LogP contribution in [-0.4, -0.2) is 34.8 Å². The van der Waals surface area contributed by atoms with Gasteiger partial charge in [0.1, 0.15) is 11.6 Å². The minimum Gasteiger partial charge on any atom is -0.342 e. The van der Waals surface area contributed by atoms with Crippen LogP contribution in [0.3, 0.4) is 0 Å². The quantitative estimate of drug-likeness (QED) is 0.700. The Balaban J connectivity index is 3.05. The molecule has 1 aliphatic heterocycles. The van der Waals surface area contributed by atoms with Crippen molar-refractivity contribution in [2.45, 2.75) is 84.7 Å².